The quantitative estimate of drug-likeness (QED) is 0.779. The summed E-state index contributed by atoms with van der Waals surface area (Å²) in [6.45, 7) is 4.86. The van der Waals surface area contributed by atoms with Crippen LogP contribution in [-0.2, 0) is 16.4 Å². The molecule has 0 unspecified atom stereocenters. The van der Waals surface area contributed by atoms with Crippen molar-refractivity contribution in [1.29, 1.82) is 0 Å². The predicted molar refractivity (Wildman–Crippen MR) is 73.6 cm³/mol. The van der Waals surface area contributed by atoms with Gasteiger partial charge in [0.25, 0.3) is 5.56 Å². The molecule has 0 fully saturated rings. The van der Waals surface area contributed by atoms with Crippen LogP contribution in [0, 0.1) is 0 Å². The standard InChI is InChI=1S/C11H17ClN2O4S/c1-11(2,3)19(16,17)6-5-14-7-13-9(12)8(18-4)10(14)15/h7H,5-6H2,1-4H3. The number of methoxy groups -OCH3 is 1. The van der Waals surface area contributed by atoms with Crippen molar-refractivity contribution in [2.45, 2.75) is 32.1 Å². The number of hydrogen-bond donors (Lipinski definition) is 0. The largest absolute Gasteiger partial charge is 0.489 e. The van der Waals surface area contributed by atoms with E-state index in [1.54, 1.807) is 20.8 Å². The van der Waals surface area contributed by atoms with Crippen molar-refractivity contribution < 1.29 is 13.2 Å². The van der Waals surface area contributed by atoms with Crippen LogP contribution in [0.25, 0.3) is 0 Å². The lowest BCUT2D eigenvalue weighted by Crippen LogP contribution is -2.34. The summed E-state index contributed by atoms with van der Waals surface area (Å²) in [4.78, 5) is 15.7. The first-order chi connectivity index (χ1) is 8.60. The molecule has 1 rings (SSSR count). The van der Waals surface area contributed by atoms with E-state index in [0.717, 1.165) is 0 Å². The van der Waals surface area contributed by atoms with Crippen LogP contribution in [0.15, 0.2) is 11.1 Å². The molecule has 8 heteroatoms. The Hall–Kier alpha value is -1.08. The van der Waals surface area contributed by atoms with E-state index < -0.39 is 20.1 Å². The van der Waals surface area contributed by atoms with E-state index in [4.69, 9.17) is 16.3 Å². The Balaban J connectivity index is 3.01. The van der Waals surface area contributed by atoms with Gasteiger partial charge in [-0.1, -0.05) is 11.6 Å². The summed E-state index contributed by atoms with van der Waals surface area (Å²) in [5.41, 5.74) is -0.494. The lowest BCUT2D eigenvalue weighted by molar-refractivity contribution is 0.400. The van der Waals surface area contributed by atoms with Gasteiger partial charge in [-0.2, -0.15) is 0 Å². The molecule has 1 aromatic rings. The van der Waals surface area contributed by atoms with Crippen LogP contribution < -0.4 is 10.3 Å². The summed E-state index contributed by atoms with van der Waals surface area (Å²) in [6.07, 6.45) is 1.21. The van der Waals surface area contributed by atoms with Gasteiger partial charge in [0.2, 0.25) is 5.75 Å². The van der Waals surface area contributed by atoms with Crippen LogP contribution >= 0.6 is 11.6 Å². The smallest absolute Gasteiger partial charge is 0.297 e. The zero-order chi connectivity index (χ0) is 14.8. The molecule has 0 aliphatic rings. The average molecular weight is 309 g/mol. The molecule has 108 valence electrons. The van der Waals surface area contributed by atoms with Crippen molar-refractivity contribution in [3.05, 3.63) is 21.8 Å². The highest BCUT2D eigenvalue weighted by Gasteiger charge is 2.28. The second-order valence-electron chi connectivity index (χ2n) is 5.00. The second kappa shape index (κ2) is 5.50. The highest BCUT2D eigenvalue weighted by Crippen LogP contribution is 2.17. The summed E-state index contributed by atoms with van der Waals surface area (Å²) in [5.74, 6) is -0.236. The van der Waals surface area contributed by atoms with Gasteiger partial charge in [-0.05, 0) is 20.8 Å². The van der Waals surface area contributed by atoms with Crippen molar-refractivity contribution in [3.8, 4) is 5.75 Å². The molecule has 1 aromatic heterocycles. The molecule has 0 N–H and O–H groups in total. The number of rotatable bonds is 4. The fourth-order valence-electron chi connectivity index (χ4n) is 1.31. The van der Waals surface area contributed by atoms with E-state index in [2.05, 4.69) is 4.98 Å². The van der Waals surface area contributed by atoms with Crippen LogP contribution in [0.4, 0.5) is 0 Å². The molecule has 0 saturated heterocycles. The number of halogens is 1. The van der Waals surface area contributed by atoms with Crippen molar-refractivity contribution >= 4 is 21.4 Å². The van der Waals surface area contributed by atoms with E-state index in [1.807, 2.05) is 0 Å². The van der Waals surface area contributed by atoms with Crippen LogP contribution in [-0.4, -0.2) is 35.6 Å². The molecule has 0 saturated carbocycles. The van der Waals surface area contributed by atoms with Crippen molar-refractivity contribution in [1.82, 2.24) is 9.55 Å². The molecule has 0 aliphatic heterocycles. The van der Waals surface area contributed by atoms with Crippen molar-refractivity contribution in [2.75, 3.05) is 12.9 Å². The fraction of sp³-hybridized carbons (Fsp3) is 0.636. The average Bonchev–Trinajstić information content (AvgIpc) is 2.27. The van der Waals surface area contributed by atoms with Crippen LogP contribution in [0.1, 0.15) is 20.8 Å². The van der Waals surface area contributed by atoms with Crippen LogP contribution in [0.5, 0.6) is 5.75 Å². The number of nitrogens with zero attached hydrogens (tertiary/aromatic N) is 2. The summed E-state index contributed by atoms with van der Waals surface area (Å²) in [6, 6.07) is 0. The topological polar surface area (TPSA) is 78.3 Å². The van der Waals surface area contributed by atoms with E-state index >= 15 is 0 Å². The van der Waals surface area contributed by atoms with Crippen LogP contribution in [0.3, 0.4) is 0 Å². The Morgan fingerprint density at radius 2 is 2.00 bits per heavy atom. The highest BCUT2D eigenvalue weighted by molar-refractivity contribution is 7.92. The van der Waals surface area contributed by atoms with E-state index in [1.165, 1.54) is 18.0 Å². The molecule has 1 heterocycles. The first kappa shape index (κ1) is 16.0. The minimum absolute atomic E-state index is 0.0129. The summed E-state index contributed by atoms with van der Waals surface area (Å²) in [5, 5.41) is -0.0394. The van der Waals surface area contributed by atoms with E-state index in [9.17, 15) is 13.2 Å². The third-order valence-electron chi connectivity index (χ3n) is 2.69. The number of ether oxygens (including phenoxy) is 1. The molecule has 0 aliphatic carbocycles. The van der Waals surface area contributed by atoms with Gasteiger partial charge in [0, 0.05) is 6.54 Å². The Kier molecular flexibility index (Phi) is 4.63. The monoisotopic (exact) mass is 308 g/mol. The van der Waals surface area contributed by atoms with Gasteiger partial charge in [0.05, 0.1) is 23.9 Å². The maximum atomic E-state index is 12.0. The molecule has 0 amide bonds. The SMILES string of the molecule is COc1c(Cl)ncn(CCS(=O)(=O)C(C)(C)C)c1=O. The van der Waals surface area contributed by atoms with Crippen molar-refractivity contribution in [3.63, 3.8) is 0 Å². The predicted octanol–water partition coefficient (Wildman–Crippen LogP) is 1.12. The van der Waals surface area contributed by atoms with E-state index in [0.29, 0.717) is 0 Å². The van der Waals surface area contributed by atoms with Gasteiger partial charge in [-0.3, -0.25) is 9.36 Å². The van der Waals surface area contributed by atoms with Crippen molar-refractivity contribution in [2.24, 2.45) is 0 Å². The zero-order valence-corrected chi connectivity index (χ0v) is 12.9. The molecule has 0 spiro atoms. The lowest BCUT2D eigenvalue weighted by atomic mass is 10.3. The number of hydrogen-bond acceptors (Lipinski definition) is 5. The molecular weight excluding hydrogens is 292 g/mol. The number of aryl methyl sites for hydroxylation is 1. The fourth-order valence-corrected chi connectivity index (χ4v) is 2.56. The first-order valence-electron chi connectivity index (χ1n) is 5.61. The molecule has 19 heavy (non-hydrogen) atoms. The number of sulfone groups is 1. The van der Waals surface area contributed by atoms with Gasteiger partial charge in [-0.15, -0.1) is 0 Å². The Morgan fingerprint density at radius 1 is 1.42 bits per heavy atom. The van der Waals surface area contributed by atoms with Gasteiger partial charge in [0.1, 0.15) is 0 Å². The number of aromatic nitrogens is 2. The molecule has 0 radical (unpaired) electrons. The van der Waals surface area contributed by atoms with Gasteiger partial charge < -0.3 is 4.74 Å². The lowest BCUT2D eigenvalue weighted by Gasteiger charge is -2.19. The second-order valence-corrected chi connectivity index (χ2v) is 8.22. The molecule has 0 bridgehead atoms. The van der Waals surface area contributed by atoms with Gasteiger partial charge in [0.15, 0.2) is 15.0 Å². The minimum Gasteiger partial charge on any atom is -0.489 e. The molecule has 6 nitrogen and oxygen atoms in total. The Morgan fingerprint density at radius 3 is 2.47 bits per heavy atom. The normalized spacial score (nSPS) is 12.5. The molecular formula is C11H17ClN2O4S. The van der Waals surface area contributed by atoms with Gasteiger partial charge >= 0.3 is 0 Å². The summed E-state index contributed by atoms with van der Waals surface area (Å²) < 4.78 is 29.1. The first-order valence-corrected chi connectivity index (χ1v) is 7.64. The Labute approximate surface area is 117 Å². The highest BCUT2D eigenvalue weighted by atomic mass is 35.5. The maximum absolute atomic E-state index is 12.0. The van der Waals surface area contributed by atoms with E-state index in [-0.39, 0.29) is 23.2 Å². The van der Waals surface area contributed by atoms with Crippen LogP contribution in [0.2, 0.25) is 5.15 Å². The maximum Gasteiger partial charge on any atom is 0.297 e. The third-order valence-corrected chi connectivity index (χ3v) is 5.55. The summed E-state index contributed by atoms with van der Waals surface area (Å²) >= 11 is 5.70. The Bertz CT molecular complexity index is 617. The summed E-state index contributed by atoms with van der Waals surface area (Å²) in [7, 11) is -2.00. The molecule has 0 aromatic carbocycles. The third kappa shape index (κ3) is 3.48. The molecule has 0 atom stereocenters. The minimum atomic E-state index is -3.30. The zero-order valence-electron chi connectivity index (χ0n) is 11.3. The van der Waals surface area contributed by atoms with Gasteiger partial charge in [-0.25, -0.2) is 13.4 Å².